The molecule has 0 saturated carbocycles. The first-order valence-corrected chi connectivity index (χ1v) is 26.5. The van der Waals surface area contributed by atoms with Crippen molar-refractivity contribution < 1.29 is 26.3 Å². The molecule has 82 heavy (non-hydrogen) atoms. The smallest absolute Gasteiger partial charge is 0.309 e. The number of aromatic nitrogens is 5. The number of fused-ring (bicyclic) bond motifs is 6. The predicted molar refractivity (Wildman–Crippen MR) is 317 cm³/mol. The summed E-state index contributed by atoms with van der Waals surface area (Å²) in [6.07, 6.45) is -9.56. The van der Waals surface area contributed by atoms with Gasteiger partial charge in [-0.1, -0.05) is 176 Å². The fraction of sp³-hybridized carbons (Fsp3) is 0.0282. The van der Waals surface area contributed by atoms with Crippen LogP contribution in [0.25, 0.3) is 134 Å². The quantitative estimate of drug-likeness (QED) is 0.135. The van der Waals surface area contributed by atoms with Crippen molar-refractivity contribution in [2.24, 2.45) is 0 Å². The Kier molecular flexibility index (Phi) is 12.0. The van der Waals surface area contributed by atoms with E-state index in [0.29, 0.717) is 33.3 Å². The minimum atomic E-state index is -4.79. The Hall–Kier alpha value is -10.4. The predicted octanol–water partition coefficient (Wildman–Crippen LogP) is 19.8. The van der Waals surface area contributed by atoms with Crippen molar-refractivity contribution in [2.45, 2.75) is 12.4 Å². The standard InChI is InChI=1S/C71H43F6N5/c72-70(73,74)53-31-37-65(81-61-33-26-49(44-16-6-1-7-17-44)38-56(61)57-39-50(27-34-62(57)81)45-18-8-2-9-19-45)60(42-53)69-79-67(48-24-14-5-15-25-48)78-68(80-69)55-32-30-54(71(75,76)77)43-66(55)82-63-35-28-51(46-20-10-3-11-21-46)40-58(63)59-41-52(29-36-64(59)82)47-22-12-4-13-23-47/h1-43H. The van der Waals surface area contributed by atoms with Crippen LogP contribution in [0.5, 0.6) is 0 Å². The Labute approximate surface area is 466 Å². The van der Waals surface area contributed by atoms with Gasteiger partial charge in [0.1, 0.15) is 0 Å². The minimum Gasteiger partial charge on any atom is -0.309 e. The number of rotatable bonds is 9. The van der Waals surface area contributed by atoms with E-state index >= 15 is 26.3 Å². The third-order valence-electron chi connectivity index (χ3n) is 15.2. The van der Waals surface area contributed by atoms with Crippen LogP contribution >= 0.6 is 0 Å². The number of hydrogen-bond acceptors (Lipinski definition) is 3. The molecule has 0 aliphatic carbocycles. The van der Waals surface area contributed by atoms with E-state index in [1.165, 1.54) is 12.1 Å². The lowest BCUT2D eigenvalue weighted by Crippen LogP contribution is -2.10. The highest BCUT2D eigenvalue weighted by Crippen LogP contribution is 2.45. The van der Waals surface area contributed by atoms with Crippen molar-refractivity contribution >= 4 is 43.6 Å². The van der Waals surface area contributed by atoms with Gasteiger partial charge >= 0.3 is 12.4 Å². The maximum Gasteiger partial charge on any atom is 0.416 e. The van der Waals surface area contributed by atoms with Gasteiger partial charge in [-0.2, -0.15) is 26.3 Å². The highest BCUT2D eigenvalue weighted by Gasteiger charge is 2.34. The second-order valence-corrected chi connectivity index (χ2v) is 20.2. The lowest BCUT2D eigenvalue weighted by atomic mass is 10.0. The van der Waals surface area contributed by atoms with Crippen LogP contribution in [0.2, 0.25) is 0 Å². The summed E-state index contributed by atoms with van der Waals surface area (Å²) in [6, 6.07) is 79.4. The average molecular weight is 1080 g/mol. The molecule has 14 aromatic rings. The third kappa shape index (κ3) is 8.93. The lowest BCUT2D eigenvalue weighted by Gasteiger charge is -2.19. The van der Waals surface area contributed by atoms with E-state index in [9.17, 15) is 0 Å². The third-order valence-corrected chi connectivity index (χ3v) is 15.2. The van der Waals surface area contributed by atoms with Crippen molar-refractivity contribution in [2.75, 3.05) is 0 Å². The number of hydrogen-bond donors (Lipinski definition) is 0. The summed E-state index contributed by atoms with van der Waals surface area (Å²) in [4.78, 5) is 15.1. The fourth-order valence-electron chi connectivity index (χ4n) is 11.3. The van der Waals surface area contributed by atoms with Crippen LogP contribution in [-0.2, 0) is 12.4 Å². The van der Waals surface area contributed by atoms with E-state index in [0.717, 1.165) is 90.3 Å². The van der Waals surface area contributed by atoms with Gasteiger partial charge < -0.3 is 9.13 Å². The zero-order chi connectivity index (χ0) is 55.7. The van der Waals surface area contributed by atoms with Crippen LogP contribution in [0.3, 0.4) is 0 Å². The first kappa shape index (κ1) is 49.9. The molecule has 0 aliphatic heterocycles. The second kappa shape index (κ2) is 19.8. The highest BCUT2D eigenvalue weighted by molar-refractivity contribution is 6.13. The molecule has 0 fully saturated rings. The van der Waals surface area contributed by atoms with E-state index in [-0.39, 0.29) is 34.3 Å². The van der Waals surface area contributed by atoms with Crippen molar-refractivity contribution in [1.29, 1.82) is 0 Å². The largest absolute Gasteiger partial charge is 0.416 e. The Morgan fingerprint density at radius 2 is 0.561 bits per heavy atom. The molecule has 5 nitrogen and oxygen atoms in total. The number of nitrogens with zero attached hydrogens (tertiary/aromatic N) is 5. The molecule has 0 bridgehead atoms. The molecule has 3 heterocycles. The summed E-state index contributed by atoms with van der Waals surface area (Å²) < 4.78 is 95.2. The van der Waals surface area contributed by atoms with Crippen LogP contribution in [0.1, 0.15) is 11.1 Å². The van der Waals surface area contributed by atoms with Gasteiger partial charge in [0.05, 0.1) is 44.6 Å². The van der Waals surface area contributed by atoms with Gasteiger partial charge in [-0.3, -0.25) is 0 Å². The SMILES string of the molecule is FC(F)(F)c1ccc(-n2c3ccc(-c4ccccc4)cc3c3cc(-c4ccccc4)ccc32)c(-c2nc(-c3ccccc3)nc(-c3ccc(C(F)(F)F)cc3-n3c4ccc(-c5ccccc5)cc4c4cc(-c5ccccc5)ccc43)n2)c1. The maximum atomic E-state index is 15.3. The Balaban J connectivity index is 1.04. The number of benzene rings is 11. The second-order valence-electron chi connectivity index (χ2n) is 20.2. The molecule has 0 unspecified atom stereocenters. The zero-order valence-electron chi connectivity index (χ0n) is 43.3. The summed E-state index contributed by atoms with van der Waals surface area (Å²) in [5.74, 6) is -0.0934. The molecule has 0 atom stereocenters. The van der Waals surface area contributed by atoms with Gasteiger partial charge in [-0.25, -0.2) is 15.0 Å². The summed E-state index contributed by atoms with van der Waals surface area (Å²) in [6.45, 7) is 0. The summed E-state index contributed by atoms with van der Waals surface area (Å²) in [7, 11) is 0. The number of halogens is 6. The molecule has 0 radical (unpaired) electrons. The monoisotopic (exact) mass is 1080 g/mol. The molecule has 0 aliphatic rings. The normalized spacial score (nSPS) is 12.0. The van der Waals surface area contributed by atoms with Crippen LogP contribution in [-0.4, -0.2) is 24.1 Å². The lowest BCUT2D eigenvalue weighted by molar-refractivity contribution is -0.138. The number of alkyl halides is 6. The molecule has 0 saturated heterocycles. The molecule has 11 aromatic carbocycles. The minimum absolute atomic E-state index is 0.0148. The Morgan fingerprint density at radius 1 is 0.244 bits per heavy atom. The van der Waals surface area contributed by atoms with Crippen molar-refractivity contribution in [3.05, 3.63) is 272 Å². The van der Waals surface area contributed by atoms with E-state index < -0.39 is 23.5 Å². The van der Waals surface area contributed by atoms with Gasteiger partial charge in [-0.05, 0) is 129 Å². The topological polar surface area (TPSA) is 48.5 Å². The molecule has 0 N–H and O–H groups in total. The molecule has 14 rings (SSSR count). The highest BCUT2D eigenvalue weighted by atomic mass is 19.4. The van der Waals surface area contributed by atoms with E-state index in [1.807, 2.05) is 180 Å². The first-order chi connectivity index (χ1) is 39.9. The molecule has 0 spiro atoms. The first-order valence-electron chi connectivity index (χ1n) is 26.5. The Bertz CT molecular complexity index is 4550. The van der Waals surface area contributed by atoms with Gasteiger partial charge in [0.25, 0.3) is 0 Å². The summed E-state index contributed by atoms with van der Waals surface area (Å²) in [5, 5.41) is 3.28. The van der Waals surface area contributed by atoms with Crippen molar-refractivity contribution in [3.8, 4) is 90.0 Å². The summed E-state index contributed by atoms with van der Waals surface area (Å²) in [5.41, 5.74) is 9.50. The molecule has 394 valence electrons. The van der Waals surface area contributed by atoms with E-state index in [4.69, 9.17) is 15.0 Å². The van der Waals surface area contributed by atoms with Crippen LogP contribution in [0, 0.1) is 0 Å². The zero-order valence-corrected chi connectivity index (χ0v) is 43.3. The van der Waals surface area contributed by atoms with Crippen LogP contribution < -0.4 is 0 Å². The Morgan fingerprint density at radius 3 is 0.939 bits per heavy atom. The van der Waals surface area contributed by atoms with Gasteiger partial charge in [0, 0.05) is 38.2 Å². The molecule has 11 heteroatoms. The van der Waals surface area contributed by atoms with Gasteiger partial charge in [0.15, 0.2) is 17.5 Å². The molecular weight excluding hydrogens is 1040 g/mol. The average Bonchev–Trinajstić information content (AvgIpc) is 4.14. The molecule has 0 amide bonds. The van der Waals surface area contributed by atoms with E-state index in [1.54, 1.807) is 28.8 Å². The van der Waals surface area contributed by atoms with Gasteiger partial charge in [0.2, 0.25) is 0 Å². The van der Waals surface area contributed by atoms with Crippen LogP contribution in [0.15, 0.2) is 261 Å². The maximum absolute atomic E-state index is 15.3. The van der Waals surface area contributed by atoms with Gasteiger partial charge in [-0.15, -0.1) is 0 Å². The van der Waals surface area contributed by atoms with Crippen molar-refractivity contribution in [1.82, 2.24) is 24.1 Å². The molecule has 3 aromatic heterocycles. The van der Waals surface area contributed by atoms with E-state index in [2.05, 4.69) is 24.3 Å². The fourth-order valence-corrected chi connectivity index (χ4v) is 11.3. The van der Waals surface area contributed by atoms with Crippen LogP contribution in [0.4, 0.5) is 26.3 Å². The van der Waals surface area contributed by atoms with Crippen molar-refractivity contribution in [3.63, 3.8) is 0 Å². The molecular formula is C71H43F6N5. The summed E-state index contributed by atoms with van der Waals surface area (Å²) >= 11 is 0.